The van der Waals surface area contributed by atoms with Crippen LogP contribution in [0.25, 0.3) is 11.1 Å². The van der Waals surface area contributed by atoms with Gasteiger partial charge in [0.05, 0.1) is 5.69 Å². The molecule has 0 saturated carbocycles. The fraction of sp³-hybridized carbons (Fsp3) is 0.185. The number of anilines is 1. The average Bonchev–Trinajstić information content (AvgIpc) is 3.32. The molecule has 0 fully saturated rings. The second kappa shape index (κ2) is 9.04. The highest BCUT2D eigenvalue weighted by molar-refractivity contribution is 8.08. The number of thioether (sulfide) groups is 1. The Morgan fingerprint density at radius 3 is 2.55 bits per heavy atom. The van der Waals surface area contributed by atoms with Gasteiger partial charge in [-0.25, -0.2) is 0 Å². The van der Waals surface area contributed by atoms with E-state index in [1.54, 1.807) is 23.1 Å². The van der Waals surface area contributed by atoms with Crippen molar-refractivity contribution in [1.29, 1.82) is 0 Å². The molecule has 166 valence electrons. The van der Waals surface area contributed by atoms with Gasteiger partial charge in [0.15, 0.2) is 12.7 Å². The van der Waals surface area contributed by atoms with E-state index in [-0.39, 0.29) is 5.56 Å². The van der Waals surface area contributed by atoms with E-state index in [1.807, 2.05) is 29.7 Å². The first-order chi connectivity index (χ1) is 16.1. The number of aromatic nitrogens is 2. The molecule has 0 atom stereocenters. The summed E-state index contributed by atoms with van der Waals surface area (Å²) in [6.45, 7) is 5.59. The van der Waals surface area contributed by atoms with Crippen molar-refractivity contribution in [3.8, 4) is 0 Å². The number of rotatable bonds is 4. The zero-order chi connectivity index (χ0) is 22.9. The van der Waals surface area contributed by atoms with Crippen LogP contribution in [0.1, 0.15) is 23.7 Å². The smallest absolute Gasteiger partial charge is 0.271 e. The first-order valence-corrected chi connectivity index (χ1v) is 12.7. The van der Waals surface area contributed by atoms with Gasteiger partial charge in [0, 0.05) is 42.3 Å². The van der Waals surface area contributed by atoms with Gasteiger partial charge in [-0.3, -0.25) is 9.36 Å². The molecular formula is C27H26N3OS2+. The van der Waals surface area contributed by atoms with Gasteiger partial charge in [0.1, 0.15) is 14.2 Å². The van der Waals surface area contributed by atoms with Gasteiger partial charge in [0.25, 0.3) is 5.56 Å². The van der Waals surface area contributed by atoms with Crippen molar-refractivity contribution in [3.63, 3.8) is 0 Å². The number of fused-ring (bicyclic) bond motifs is 1. The highest BCUT2D eigenvalue weighted by atomic mass is 32.2. The minimum absolute atomic E-state index is 0.0825. The van der Waals surface area contributed by atoms with Gasteiger partial charge in [-0.15, -0.1) is 11.3 Å². The number of benzene rings is 2. The van der Waals surface area contributed by atoms with Gasteiger partial charge < -0.3 is 4.90 Å². The maximum Gasteiger partial charge on any atom is 0.271 e. The number of nitrogens with zero attached hydrogens (tertiary/aromatic N) is 3. The molecule has 3 heterocycles. The van der Waals surface area contributed by atoms with Crippen LogP contribution in [0.5, 0.6) is 0 Å². The lowest BCUT2D eigenvalue weighted by Crippen LogP contribution is -2.38. The van der Waals surface area contributed by atoms with E-state index in [0.29, 0.717) is 6.54 Å². The number of aryl methyl sites for hydroxylation is 1. The van der Waals surface area contributed by atoms with Gasteiger partial charge >= 0.3 is 0 Å². The quantitative estimate of drug-likeness (QED) is 0.424. The van der Waals surface area contributed by atoms with Gasteiger partial charge in [-0.2, -0.15) is 4.57 Å². The lowest BCUT2D eigenvalue weighted by molar-refractivity contribution is -0.690. The highest BCUT2D eigenvalue weighted by Crippen LogP contribution is 2.46. The molecule has 0 N–H and O–H groups in total. The Morgan fingerprint density at radius 1 is 1.00 bits per heavy atom. The Balaban J connectivity index is 1.64. The average molecular weight is 473 g/mol. The van der Waals surface area contributed by atoms with Crippen molar-refractivity contribution < 1.29 is 4.57 Å². The normalized spacial score (nSPS) is 15.2. The summed E-state index contributed by atoms with van der Waals surface area (Å²) in [5.41, 5.74) is 4.81. The third kappa shape index (κ3) is 4.05. The summed E-state index contributed by atoms with van der Waals surface area (Å²) < 4.78 is 5.88. The van der Waals surface area contributed by atoms with Gasteiger partial charge in [0.2, 0.25) is 5.69 Å². The predicted octanol–water partition coefficient (Wildman–Crippen LogP) is 3.71. The summed E-state index contributed by atoms with van der Waals surface area (Å²) in [6, 6.07) is 23.0. The summed E-state index contributed by atoms with van der Waals surface area (Å²) in [6.07, 6.45) is 4.23. The molecule has 2 aromatic heterocycles. The molecule has 0 saturated heterocycles. The maximum atomic E-state index is 13.4. The summed E-state index contributed by atoms with van der Waals surface area (Å²) in [5.74, 6) is 0. The molecule has 0 amide bonds. The zero-order valence-corrected chi connectivity index (χ0v) is 20.6. The Morgan fingerprint density at radius 2 is 1.79 bits per heavy atom. The number of pyridine rings is 1. The van der Waals surface area contributed by atoms with E-state index in [1.165, 1.54) is 21.7 Å². The van der Waals surface area contributed by atoms with Crippen LogP contribution in [0.15, 0.2) is 82.6 Å². The molecule has 5 rings (SSSR count). The Hall–Kier alpha value is -3.09. The fourth-order valence-electron chi connectivity index (χ4n) is 4.15. The molecular weight excluding hydrogens is 446 g/mol. The van der Waals surface area contributed by atoms with E-state index in [4.69, 9.17) is 0 Å². The van der Waals surface area contributed by atoms with Crippen molar-refractivity contribution in [1.82, 2.24) is 4.57 Å². The van der Waals surface area contributed by atoms with Crippen LogP contribution in [0, 0.1) is 6.92 Å². The van der Waals surface area contributed by atoms with Crippen molar-refractivity contribution in [2.75, 3.05) is 11.9 Å². The molecule has 1 aliphatic rings. The minimum Gasteiger partial charge on any atom is -0.337 e. The van der Waals surface area contributed by atoms with Crippen LogP contribution in [-0.4, -0.2) is 11.6 Å². The van der Waals surface area contributed by atoms with Crippen LogP contribution in [0.3, 0.4) is 0 Å². The third-order valence-corrected chi connectivity index (χ3v) is 8.58. The van der Waals surface area contributed by atoms with Gasteiger partial charge in [-0.1, -0.05) is 54.2 Å². The van der Waals surface area contributed by atoms with Crippen LogP contribution >= 0.6 is 23.1 Å². The first-order valence-electron chi connectivity index (χ1n) is 11.1. The first kappa shape index (κ1) is 21.7. The van der Waals surface area contributed by atoms with Crippen molar-refractivity contribution >= 4 is 39.9 Å². The van der Waals surface area contributed by atoms with E-state index in [9.17, 15) is 4.79 Å². The maximum absolute atomic E-state index is 13.4. The van der Waals surface area contributed by atoms with E-state index in [0.717, 1.165) is 26.5 Å². The summed E-state index contributed by atoms with van der Waals surface area (Å²) in [4.78, 5) is 16.8. The molecule has 4 nitrogen and oxygen atoms in total. The summed E-state index contributed by atoms with van der Waals surface area (Å²) in [5, 5.41) is 1.02. The molecule has 0 radical (unpaired) electrons. The molecule has 2 aromatic carbocycles. The summed E-state index contributed by atoms with van der Waals surface area (Å²) >= 11 is 3.28. The topological polar surface area (TPSA) is 29.1 Å². The van der Waals surface area contributed by atoms with E-state index in [2.05, 4.69) is 84.2 Å². The molecule has 0 unspecified atom stereocenters. The molecule has 6 heteroatoms. The van der Waals surface area contributed by atoms with Crippen LogP contribution < -0.4 is 24.2 Å². The molecule has 4 aromatic rings. The number of thiazole rings is 1. The third-order valence-electron chi connectivity index (χ3n) is 5.92. The SMILES string of the molecule is CCn1c(=O)/c(=C2\Sc3c(C)cccc3N2C)s/c1=C\c1cccc[n+]1Cc1ccccc1. The molecule has 33 heavy (non-hydrogen) atoms. The minimum atomic E-state index is 0.0825. The lowest BCUT2D eigenvalue weighted by Gasteiger charge is -2.12. The molecule has 0 aliphatic carbocycles. The fourth-order valence-corrected chi connectivity index (χ4v) is 6.68. The van der Waals surface area contributed by atoms with Crippen molar-refractivity contribution in [2.45, 2.75) is 31.8 Å². The highest BCUT2D eigenvalue weighted by Gasteiger charge is 2.26. The summed E-state index contributed by atoms with van der Waals surface area (Å²) in [7, 11) is 2.05. The van der Waals surface area contributed by atoms with Crippen LogP contribution in [0.2, 0.25) is 0 Å². The Kier molecular flexibility index (Phi) is 5.96. The molecule has 0 spiro atoms. The van der Waals surface area contributed by atoms with Crippen molar-refractivity contribution in [2.24, 2.45) is 0 Å². The molecule has 1 aliphatic heterocycles. The second-order valence-electron chi connectivity index (χ2n) is 8.09. The van der Waals surface area contributed by atoms with Crippen LogP contribution in [-0.2, 0) is 13.1 Å². The standard InChI is InChI=1S/C27H26N3OS2/c1-4-30-23(17-21-14-8-9-16-29(21)18-20-12-6-5-7-13-20)32-25(26(30)31)27-28(3)22-15-10-11-19(2)24(22)33-27/h5-17H,4,18H2,1-3H3/q+1/b27-25+. The lowest BCUT2D eigenvalue weighted by atomic mass is 10.2. The second-order valence-corrected chi connectivity index (χ2v) is 10.1. The molecule has 0 bridgehead atoms. The monoisotopic (exact) mass is 472 g/mol. The number of hydrogen-bond acceptors (Lipinski definition) is 4. The number of hydrogen-bond donors (Lipinski definition) is 0. The van der Waals surface area contributed by atoms with Gasteiger partial charge in [-0.05, 0) is 31.5 Å². The largest absolute Gasteiger partial charge is 0.337 e. The Labute approximate surface area is 201 Å². The predicted molar refractivity (Wildman–Crippen MR) is 138 cm³/mol. The van der Waals surface area contributed by atoms with Crippen LogP contribution in [0.4, 0.5) is 5.69 Å². The Bertz CT molecular complexity index is 1500. The van der Waals surface area contributed by atoms with E-state index < -0.39 is 0 Å². The van der Waals surface area contributed by atoms with E-state index >= 15 is 0 Å². The van der Waals surface area contributed by atoms with Crippen molar-refractivity contribution in [3.05, 3.63) is 109 Å². The zero-order valence-electron chi connectivity index (χ0n) is 19.0.